The first-order valence-corrected chi connectivity index (χ1v) is 10.8. The van der Waals surface area contributed by atoms with Crippen LogP contribution in [0.5, 0.6) is 0 Å². The van der Waals surface area contributed by atoms with Gasteiger partial charge in [0, 0.05) is 30.0 Å². The summed E-state index contributed by atoms with van der Waals surface area (Å²) in [6.45, 7) is 3.97. The molecule has 0 aliphatic heterocycles. The third kappa shape index (κ3) is 3.30. The van der Waals surface area contributed by atoms with Gasteiger partial charge in [-0.25, -0.2) is 4.98 Å². The van der Waals surface area contributed by atoms with Gasteiger partial charge in [-0.05, 0) is 44.9 Å². The van der Waals surface area contributed by atoms with Crippen LogP contribution in [-0.2, 0) is 7.05 Å². The Morgan fingerprint density at radius 2 is 1.93 bits per heavy atom. The number of para-hydroxylation sites is 1. The van der Waals surface area contributed by atoms with E-state index in [4.69, 9.17) is 4.98 Å². The number of hydrogen-bond acceptors (Lipinski definition) is 4. The molecule has 0 atom stereocenters. The maximum atomic E-state index is 13.2. The van der Waals surface area contributed by atoms with Gasteiger partial charge in [-0.3, -0.25) is 14.2 Å². The van der Waals surface area contributed by atoms with Crippen LogP contribution in [0, 0.1) is 13.8 Å². The van der Waals surface area contributed by atoms with Gasteiger partial charge < -0.3 is 4.57 Å². The average molecular weight is 396 g/mol. The molecule has 146 valence electrons. The Labute approximate surface area is 168 Å². The van der Waals surface area contributed by atoms with Crippen molar-refractivity contribution in [3.63, 3.8) is 0 Å². The first-order chi connectivity index (χ1) is 13.5. The lowest BCUT2D eigenvalue weighted by Crippen LogP contribution is -2.26. The van der Waals surface area contributed by atoms with Crippen molar-refractivity contribution in [1.29, 1.82) is 0 Å². The zero-order valence-electron chi connectivity index (χ0n) is 16.6. The van der Waals surface area contributed by atoms with E-state index < -0.39 is 0 Å². The molecule has 1 aliphatic rings. The average Bonchev–Trinajstić information content (AvgIpc) is 3.31. The summed E-state index contributed by atoms with van der Waals surface area (Å²) < 4.78 is 3.87. The third-order valence-corrected chi connectivity index (χ3v) is 6.83. The van der Waals surface area contributed by atoms with Crippen LogP contribution in [0.1, 0.15) is 53.5 Å². The lowest BCUT2D eigenvalue weighted by atomic mass is 10.2. The van der Waals surface area contributed by atoms with Gasteiger partial charge in [0.05, 0.1) is 16.7 Å². The van der Waals surface area contributed by atoms with E-state index in [-0.39, 0.29) is 23.1 Å². The van der Waals surface area contributed by atoms with Crippen molar-refractivity contribution in [3.05, 3.63) is 57.6 Å². The maximum absolute atomic E-state index is 13.2. The largest absolute Gasteiger partial charge is 0.351 e. The van der Waals surface area contributed by atoms with Crippen molar-refractivity contribution in [3.8, 4) is 0 Å². The second-order valence-corrected chi connectivity index (χ2v) is 8.52. The van der Waals surface area contributed by atoms with E-state index >= 15 is 0 Å². The van der Waals surface area contributed by atoms with Gasteiger partial charge in [0.25, 0.3) is 5.56 Å². The SMILES string of the molecule is Cc1cc(C(=O)CSc2nc3ccccc3c(=O)n2C2CCCC2)c(C)n1C. The van der Waals surface area contributed by atoms with Gasteiger partial charge in [0.15, 0.2) is 10.9 Å². The van der Waals surface area contributed by atoms with Crippen LogP contribution in [0.15, 0.2) is 40.3 Å². The van der Waals surface area contributed by atoms with Crippen LogP contribution >= 0.6 is 11.8 Å². The molecular weight excluding hydrogens is 370 g/mol. The summed E-state index contributed by atoms with van der Waals surface area (Å²) in [5, 5.41) is 1.31. The van der Waals surface area contributed by atoms with E-state index in [9.17, 15) is 9.59 Å². The fraction of sp³-hybridized carbons (Fsp3) is 0.409. The minimum Gasteiger partial charge on any atom is -0.351 e. The fourth-order valence-electron chi connectivity index (χ4n) is 4.06. The molecule has 4 rings (SSSR count). The van der Waals surface area contributed by atoms with E-state index in [0.29, 0.717) is 16.1 Å². The van der Waals surface area contributed by atoms with Gasteiger partial charge in [0.1, 0.15) is 0 Å². The van der Waals surface area contributed by atoms with Crippen LogP contribution in [-0.4, -0.2) is 25.7 Å². The molecule has 0 bridgehead atoms. The van der Waals surface area contributed by atoms with Crippen molar-refractivity contribution >= 4 is 28.4 Å². The molecule has 6 heteroatoms. The molecule has 1 saturated carbocycles. The second kappa shape index (κ2) is 7.59. The number of rotatable bonds is 5. The fourth-order valence-corrected chi connectivity index (χ4v) is 5.01. The highest BCUT2D eigenvalue weighted by Gasteiger charge is 2.24. The molecule has 3 aromatic rings. The van der Waals surface area contributed by atoms with Crippen LogP contribution in [0.25, 0.3) is 10.9 Å². The van der Waals surface area contributed by atoms with Crippen molar-refractivity contribution < 1.29 is 4.79 Å². The quantitative estimate of drug-likeness (QED) is 0.364. The number of thioether (sulfide) groups is 1. The number of carbonyl (C=O) groups is 1. The molecule has 0 radical (unpaired) electrons. The molecule has 1 fully saturated rings. The highest BCUT2D eigenvalue weighted by molar-refractivity contribution is 7.99. The lowest BCUT2D eigenvalue weighted by molar-refractivity contribution is 0.102. The highest BCUT2D eigenvalue weighted by Crippen LogP contribution is 2.32. The summed E-state index contributed by atoms with van der Waals surface area (Å²) in [7, 11) is 1.97. The number of Topliss-reactive ketones (excluding diaryl/α,β-unsaturated/α-hetero) is 1. The van der Waals surface area contributed by atoms with E-state index in [0.717, 1.165) is 42.6 Å². The minimum atomic E-state index is 0.0131. The van der Waals surface area contributed by atoms with Gasteiger partial charge in [-0.1, -0.05) is 36.7 Å². The minimum absolute atomic E-state index is 0.0131. The molecule has 0 saturated heterocycles. The molecule has 1 aromatic carbocycles. The molecular formula is C22H25N3O2S. The number of ketones is 1. The molecule has 0 spiro atoms. The van der Waals surface area contributed by atoms with Gasteiger partial charge in [0.2, 0.25) is 0 Å². The summed E-state index contributed by atoms with van der Waals surface area (Å²) in [5.41, 5.74) is 3.51. The van der Waals surface area contributed by atoms with Crippen LogP contribution in [0.3, 0.4) is 0 Å². The number of hydrogen-bond donors (Lipinski definition) is 0. The maximum Gasteiger partial charge on any atom is 0.262 e. The summed E-state index contributed by atoms with van der Waals surface area (Å²) in [6.07, 6.45) is 4.27. The van der Waals surface area contributed by atoms with E-state index in [1.54, 1.807) is 0 Å². The number of nitrogens with zero attached hydrogens (tertiary/aromatic N) is 3. The van der Waals surface area contributed by atoms with E-state index in [1.165, 1.54) is 11.8 Å². The third-order valence-electron chi connectivity index (χ3n) is 5.87. The summed E-state index contributed by atoms with van der Waals surface area (Å²) in [4.78, 5) is 30.8. The monoisotopic (exact) mass is 395 g/mol. The number of benzene rings is 1. The van der Waals surface area contributed by atoms with Crippen molar-refractivity contribution in [2.45, 2.75) is 50.7 Å². The standard InChI is InChI=1S/C22H25N3O2S/c1-14-12-18(15(2)24(14)3)20(26)13-28-22-23-19-11-7-6-10-17(19)21(27)25(22)16-8-4-5-9-16/h6-7,10-12,16H,4-5,8-9,13H2,1-3H3. The van der Waals surface area contributed by atoms with Gasteiger partial charge >= 0.3 is 0 Å². The van der Waals surface area contributed by atoms with Gasteiger partial charge in [-0.15, -0.1) is 0 Å². The Bertz CT molecular complexity index is 1110. The van der Waals surface area contributed by atoms with Crippen molar-refractivity contribution in [1.82, 2.24) is 14.1 Å². The van der Waals surface area contributed by atoms with Gasteiger partial charge in [-0.2, -0.15) is 0 Å². The van der Waals surface area contributed by atoms with Crippen LogP contribution < -0.4 is 5.56 Å². The highest BCUT2D eigenvalue weighted by atomic mass is 32.2. The predicted octanol–water partition coefficient (Wildman–Crippen LogP) is 4.44. The molecule has 28 heavy (non-hydrogen) atoms. The van der Waals surface area contributed by atoms with Crippen molar-refractivity contribution in [2.24, 2.45) is 7.05 Å². The number of aryl methyl sites for hydroxylation is 1. The van der Waals surface area contributed by atoms with Crippen LogP contribution in [0.2, 0.25) is 0 Å². The Morgan fingerprint density at radius 1 is 1.21 bits per heavy atom. The van der Waals surface area contributed by atoms with Crippen LogP contribution in [0.4, 0.5) is 0 Å². The molecule has 0 unspecified atom stereocenters. The Kier molecular flexibility index (Phi) is 5.15. The number of carbonyl (C=O) groups excluding carboxylic acids is 1. The Hall–Kier alpha value is -2.34. The zero-order valence-corrected chi connectivity index (χ0v) is 17.4. The summed E-state index contributed by atoms with van der Waals surface area (Å²) >= 11 is 1.38. The molecule has 0 N–H and O–H groups in total. The van der Waals surface area contributed by atoms with E-state index in [2.05, 4.69) is 0 Å². The predicted molar refractivity (Wildman–Crippen MR) is 113 cm³/mol. The number of fused-ring (bicyclic) bond motifs is 1. The first kappa shape index (κ1) is 19.0. The molecule has 2 aromatic heterocycles. The summed E-state index contributed by atoms with van der Waals surface area (Å²) in [6, 6.07) is 9.60. The Morgan fingerprint density at radius 3 is 2.61 bits per heavy atom. The lowest BCUT2D eigenvalue weighted by Gasteiger charge is -2.18. The van der Waals surface area contributed by atoms with Crippen molar-refractivity contribution in [2.75, 3.05) is 5.75 Å². The second-order valence-electron chi connectivity index (χ2n) is 7.58. The molecule has 2 heterocycles. The molecule has 5 nitrogen and oxygen atoms in total. The van der Waals surface area contributed by atoms with E-state index in [1.807, 2.05) is 60.4 Å². The summed E-state index contributed by atoms with van der Waals surface area (Å²) in [5.74, 6) is 0.355. The zero-order chi connectivity index (χ0) is 19.8. The normalized spacial score (nSPS) is 14.8. The molecule has 1 aliphatic carbocycles. The Balaban J connectivity index is 1.69. The topological polar surface area (TPSA) is 56.9 Å². The smallest absolute Gasteiger partial charge is 0.262 e. The molecule has 0 amide bonds. The number of aromatic nitrogens is 3. The first-order valence-electron chi connectivity index (χ1n) is 9.77.